The molecular formula is C14H17ClFNO2. The summed E-state index contributed by atoms with van der Waals surface area (Å²) < 4.78 is 13.7. The van der Waals surface area contributed by atoms with Gasteiger partial charge < -0.3 is 10.4 Å². The van der Waals surface area contributed by atoms with E-state index in [0.29, 0.717) is 0 Å². The molecule has 1 saturated carbocycles. The number of carbonyl (C=O) groups is 1. The summed E-state index contributed by atoms with van der Waals surface area (Å²) in [5.41, 5.74) is -0.649. The van der Waals surface area contributed by atoms with Crippen LogP contribution in [0, 0.1) is 5.82 Å². The lowest BCUT2D eigenvalue weighted by Crippen LogP contribution is -2.52. The van der Waals surface area contributed by atoms with Crippen LogP contribution in [0.3, 0.4) is 0 Å². The van der Waals surface area contributed by atoms with Gasteiger partial charge in [-0.05, 0) is 31.0 Å². The van der Waals surface area contributed by atoms with Crippen molar-refractivity contribution >= 4 is 17.5 Å². The number of rotatable bonds is 3. The van der Waals surface area contributed by atoms with Crippen molar-refractivity contribution in [3.63, 3.8) is 0 Å². The molecule has 2 rings (SSSR count). The van der Waals surface area contributed by atoms with Crippen molar-refractivity contribution in [2.75, 3.05) is 6.61 Å². The number of halogens is 2. The summed E-state index contributed by atoms with van der Waals surface area (Å²) in [6.07, 6.45) is 4.48. The molecule has 1 aliphatic rings. The highest BCUT2D eigenvalue weighted by Gasteiger charge is 2.33. The number of aliphatic hydroxyl groups is 1. The first kappa shape index (κ1) is 14.3. The predicted octanol–water partition coefficient (Wildman–Crippen LogP) is 2.90. The quantitative estimate of drug-likeness (QED) is 0.897. The Kier molecular flexibility index (Phi) is 4.42. The highest BCUT2D eigenvalue weighted by molar-refractivity contribution is 6.30. The maximum absolute atomic E-state index is 13.7. The molecule has 0 spiro atoms. The van der Waals surface area contributed by atoms with Crippen molar-refractivity contribution in [2.45, 2.75) is 37.6 Å². The van der Waals surface area contributed by atoms with Crippen LogP contribution in [0.4, 0.5) is 4.39 Å². The van der Waals surface area contributed by atoms with Crippen LogP contribution in [-0.4, -0.2) is 23.2 Å². The normalized spacial score (nSPS) is 18.1. The fourth-order valence-electron chi connectivity index (χ4n) is 2.53. The molecule has 1 amide bonds. The number of benzene rings is 1. The first-order valence-corrected chi connectivity index (χ1v) is 6.82. The van der Waals surface area contributed by atoms with Crippen LogP contribution < -0.4 is 5.32 Å². The predicted molar refractivity (Wildman–Crippen MR) is 71.8 cm³/mol. The van der Waals surface area contributed by atoms with Gasteiger partial charge in [-0.15, -0.1) is 0 Å². The Balaban J connectivity index is 2.15. The molecule has 1 fully saturated rings. The molecule has 1 aromatic rings. The fraction of sp³-hybridized carbons (Fsp3) is 0.500. The van der Waals surface area contributed by atoms with Crippen LogP contribution in [0.5, 0.6) is 0 Å². The third kappa shape index (κ3) is 3.25. The zero-order chi connectivity index (χ0) is 13.9. The minimum Gasteiger partial charge on any atom is -0.394 e. The van der Waals surface area contributed by atoms with E-state index in [2.05, 4.69) is 5.32 Å². The molecule has 0 saturated heterocycles. The molecule has 0 unspecified atom stereocenters. The second-order valence-corrected chi connectivity index (χ2v) is 5.51. The largest absolute Gasteiger partial charge is 0.394 e. The van der Waals surface area contributed by atoms with Crippen LogP contribution in [0.2, 0.25) is 5.02 Å². The van der Waals surface area contributed by atoms with E-state index >= 15 is 0 Å². The molecule has 3 nitrogen and oxygen atoms in total. The highest BCUT2D eigenvalue weighted by Crippen LogP contribution is 2.28. The number of hydrogen-bond acceptors (Lipinski definition) is 2. The molecule has 0 bridgehead atoms. The lowest BCUT2D eigenvalue weighted by molar-refractivity contribution is 0.0755. The average molecular weight is 286 g/mol. The molecule has 1 aromatic carbocycles. The van der Waals surface area contributed by atoms with E-state index in [-0.39, 0.29) is 17.2 Å². The average Bonchev–Trinajstić information content (AvgIpc) is 2.39. The molecule has 0 radical (unpaired) electrons. The van der Waals surface area contributed by atoms with Crippen LogP contribution in [0.15, 0.2) is 18.2 Å². The van der Waals surface area contributed by atoms with Gasteiger partial charge in [0.2, 0.25) is 0 Å². The Morgan fingerprint density at radius 3 is 2.63 bits per heavy atom. The van der Waals surface area contributed by atoms with Gasteiger partial charge in [0.05, 0.1) is 17.7 Å². The van der Waals surface area contributed by atoms with Gasteiger partial charge in [-0.1, -0.05) is 30.9 Å². The van der Waals surface area contributed by atoms with Crippen molar-refractivity contribution < 1.29 is 14.3 Å². The van der Waals surface area contributed by atoms with Crippen molar-refractivity contribution in [1.29, 1.82) is 0 Å². The third-order valence-corrected chi connectivity index (χ3v) is 3.90. The molecule has 0 aromatic heterocycles. The molecule has 104 valence electrons. The summed E-state index contributed by atoms with van der Waals surface area (Å²) in [6, 6.07) is 3.95. The Morgan fingerprint density at radius 1 is 1.37 bits per heavy atom. The van der Waals surface area contributed by atoms with Gasteiger partial charge in [-0.25, -0.2) is 4.39 Å². The summed E-state index contributed by atoms with van der Waals surface area (Å²) in [4.78, 5) is 12.1. The monoisotopic (exact) mass is 285 g/mol. The van der Waals surface area contributed by atoms with Gasteiger partial charge in [0.15, 0.2) is 0 Å². The summed E-state index contributed by atoms with van der Waals surface area (Å²) in [7, 11) is 0. The Bertz CT molecular complexity index is 473. The summed E-state index contributed by atoms with van der Waals surface area (Å²) in [5.74, 6) is -1.14. The van der Waals surface area contributed by atoms with E-state index in [1.165, 1.54) is 12.1 Å². The van der Waals surface area contributed by atoms with Crippen LogP contribution >= 0.6 is 11.6 Å². The zero-order valence-corrected chi connectivity index (χ0v) is 11.3. The lowest BCUT2D eigenvalue weighted by atomic mass is 9.82. The minimum atomic E-state index is -0.645. The van der Waals surface area contributed by atoms with Crippen molar-refractivity contribution in [3.8, 4) is 0 Å². The summed E-state index contributed by atoms with van der Waals surface area (Å²) in [5, 5.41) is 12.6. The molecule has 0 atom stereocenters. The highest BCUT2D eigenvalue weighted by atomic mass is 35.5. The molecule has 0 aliphatic heterocycles. The first-order chi connectivity index (χ1) is 9.06. The number of amides is 1. The smallest absolute Gasteiger partial charge is 0.254 e. The SMILES string of the molecule is O=C(NC1(CO)CCCCC1)c1ccc(Cl)cc1F. The van der Waals surface area contributed by atoms with E-state index in [4.69, 9.17) is 11.6 Å². The maximum atomic E-state index is 13.7. The second-order valence-electron chi connectivity index (χ2n) is 5.08. The van der Waals surface area contributed by atoms with E-state index in [1.54, 1.807) is 0 Å². The molecule has 5 heteroatoms. The maximum Gasteiger partial charge on any atom is 0.254 e. The fourth-order valence-corrected chi connectivity index (χ4v) is 2.69. The van der Waals surface area contributed by atoms with Gasteiger partial charge in [0.25, 0.3) is 5.91 Å². The minimum absolute atomic E-state index is 0.0391. The van der Waals surface area contributed by atoms with E-state index in [9.17, 15) is 14.3 Å². The molecule has 1 aliphatic carbocycles. The van der Waals surface area contributed by atoms with Gasteiger partial charge in [0, 0.05) is 5.02 Å². The van der Waals surface area contributed by atoms with Gasteiger partial charge >= 0.3 is 0 Å². The molecule has 19 heavy (non-hydrogen) atoms. The number of aliphatic hydroxyl groups excluding tert-OH is 1. The van der Waals surface area contributed by atoms with Crippen LogP contribution in [-0.2, 0) is 0 Å². The second kappa shape index (κ2) is 5.88. The van der Waals surface area contributed by atoms with Gasteiger partial charge in [-0.3, -0.25) is 4.79 Å². The molecule has 0 heterocycles. The Labute approximate surface area is 116 Å². The van der Waals surface area contributed by atoms with E-state index in [1.807, 2.05) is 0 Å². The van der Waals surface area contributed by atoms with E-state index in [0.717, 1.165) is 38.2 Å². The number of nitrogens with one attached hydrogen (secondary N) is 1. The van der Waals surface area contributed by atoms with Gasteiger partial charge in [0.1, 0.15) is 5.82 Å². The zero-order valence-electron chi connectivity index (χ0n) is 10.6. The van der Waals surface area contributed by atoms with Crippen LogP contribution in [0.1, 0.15) is 42.5 Å². The van der Waals surface area contributed by atoms with E-state index < -0.39 is 17.3 Å². The Morgan fingerprint density at radius 2 is 2.05 bits per heavy atom. The first-order valence-electron chi connectivity index (χ1n) is 6.45. The molecule has 2 N–H and O–H groups in total. The summed E-state index contributed by atoms with van der Waals surface area (Å²) >= 11 is 5.66. The Hall–Kier alpha value is -1.13. The topological polar surface area (TPSA) is 49.3 Å². The van der Waals surface area contributed by atoms with Crippen molar-refractivity contribution in [1.82, 2.24) is 5.32 Å². The van der Waals surface area contributed by atoms with Crippen LogP contribution in [0.25, 0.3) is 0 Å². The standard InChI is InChI=1S/C14H17ClFNO2/c15-10-4-5-11(12(16)8-10)13(19)17-14(9-18)6-2-1-3-7-14/h4-5,8,18H,1-3,6-7,9H2,(H,17,19). The van der Waals surface area contributed by atoms with Crippen molar-refractivity contribution in [2.24, 2.45) is 0 Å². The van der Waals surface area contributed by atoms with Crippen molar-refractivity contribution in [3.05, 3.63) is 34.6 Å². The number of carbonyl (C=O) groups excluding carboxylic acids is 1. The summed E-state index contributed by atoms with van der Waals surface area (Å²) in [6.45, 7) is -0.117. The lowest BCUT2D eigenvalue weighted by Gasteiger charge is -2.36. The molecular weight excluding hydrogens is 269 g/mol. The third-order valence-electron chi connectivity index (χ3n) is 3.67. The number of hydrogen-bond donors (Lipinski definition) is 2. The van der Waals surface area contributed by atoms with Gasteiger partial charge in [-0.2, -0.15) is 0 Å².